The molecule has 2 rings (SSSR count). The molecule has 5 nitrogen and oxygen atoms in total. The molecule has 1 heterocycles. The first kappa shape index (κ1) is 19.2. The van der Waals surface area contributed by atoms with Crippen LogP contribution in [0.5, 0.6) is 0 Å². The van der Waals surface area contributed by atoms with Gasteiger partial charge in [0.25, 0.3) is 5.91 Å². The first-order chi connectivity index (χ1) is 11.7. The summed E-state index contributed by atoms with van der Waals surface area (Å²) in [6, 6.07) is 7.97. The lowest BCUT2D eigenvalue weighted by molar-refractivity contribution is 0.0729. The monoisotopic (exact) mass is 342 g/mol. The number of carbonyl (C=O) groups is 1. The first-order valence-electron chi connectivity index (χ1n) is 8.72. The first-order valence-corrected chi connectivity index (χ1v) is 8.72. The average Bonchev–Trinajstić information content (AvgIpc) is 2.95. The lowest BCUT2D eigenvalue weighted by Gasteiger charge is -2.25. The molecule has 0 saturated heterocycles. The van der Waals surface area contributed by atoms with Gasteiger partial charge < -0.3 is 14.8 Å². The molecular weight excluding hydrogens is 312 g/mol. The number of nitrogens with zero attached hydrogens (tertiary/aromatic N) is 3. The SMILES string of the molecule is Cc1[nH]cnc1CN(CCN(C)C)C(=O)c1ccc(C(C)(C)C)cc1. The predicted molar refractivity (Wildman–Crippen MR) is 102 cm³/mol. The van der Waals surface area contributed by atoms with E-state index in [-0.39, 0.29) is 11.3 Å². The summed E-state index contributed by atoms with van der Waals surface area (Å²) >= 11 is 0. The third-order valence-corrected chi connectivity index (χ3v) is 4.38. The van der Waals surface area contributed by atoms with E-state index in [9.17, 15) is 4.79 Å². The number of hydrogen-bond acceptors (Lipinski definition) is 3. The number of carbonyl (C=O) groups excluding carboxylic acids is 1. The van der Waals surface area contributed by atoms with E-state index in [4.69, 9.17) is 0 Å². The zero-order valence-corrected chi connectivity index (χ0v) is 16.3. The van der Waals surface area contributed by atoms with Crippen molar-refractivity contribution in [3.05, 3.63) is 53.1 Å². The quantitative estimate of drug-likeness (QED) is 0.877. The third kappa shape index (κ3) is 5.16. The molecule has 136 valence electrons. The maximum atomic E-state index is 13.0. The molecule has 0 atom stereocenters. The lowest BCUT2D eigenvalue weighted by Crippen LogP contribution is -2.36. The summed E-state index contributed by atoms with van der Waals surface area (Å²) in [5.41, 5.74) is 3.95. The number of aromatic nitrogens is 2. The van der Waals surface area contributed by atoms with Crippen molar-refractivity contribution >= 4 is 5.91 Å². The van der Waals surface area contributed by atoms with Crippen LogP contribution >= 0.6 is 0 Å². The number of hydrogen-bond donors (Lipinski definition) is 1. The Hall–Kier alpha value is -2.14. The van der Waals surface area contributed by atoms with Gasteiger partial charge in [0, 0.05) is 24.3 Å². The molecular formula is C20H30N4O. The van der Waals surface area contributed by atoms with Crippen molar-refractivity contribution in [1.29, 1.82) is 0 Å². The van der Waals surface area contributed by atoms with Gasteiger partial charge in [0.15, 0.2) is 0 Å². The molecule has 1 amide bonds. The molecule has 0 radical (unpaired) electrons. The number of amides is 1. The second-order valence-corrected chi connectivity index (χ2v) is 7.83. The lowest BCUT2D eigenvalue weighted by atomic mass is 9.86. The van der Waals surface area contributed by atoms with Gasteiger partial charge in [0.05, 0.1) is 18.6 Å². The van der Waals surface area contributed by atoms with Crippen LogP contribution in [0, 0.1) is 6.92 Å². The fraction of sp³-hybridized carbons (Fsp3) is 0.500. The normalized spacial score (nSPS) is 11.8. The van der Waals surface area contributed by atoms with Crippen molar-refractivity contribution in [3.63, 3.8) is 0 Å². The van der Waals surface area contributed by atoms with Crippen LogP contribution in [0.2, 0.25) is 0 Å². The molecule has 0 aliphatic heterocycles. The van der Waals surface area contributed by atoms with Crippen LogP contribution in [0.3, 0.4) is 0 Å². The Bertz CT molecular complexity index is 695. The molecule has 5 heteroatoms. The molecule has 25 heavy (non-hydrogen) atoms. The second-order valence-electron chi connectivity index (χ2n) is 7.83. The molecule has 1 aromatic heterocycles. The van der Waals surface area contributed by atoms with Gasteiger partial charge in [0.1, 0.15) is 0 Å². The molecule has 1 aromatic carbocycles. The summed E-state index contributed by atoms with van der Waals surface area (Å²) < 4.78 is 0. The highest BCUT2D eigenvalue weighted by Crippen LogP contribution is 2.22. The highest BCUT2D eigenvalue weighted by Gasteiger charge is 2.19. The number of aryl methyl sites for hydroxylation is 1. The topological polar surface area (TPSA) is 52.2 Å². The van der Waals surface area contributed by atoms with Gasteiger partial charge in [-0.25, -0.2) is 4.98 Å². The van der Waals surface area contributed by atoms with E-state index in [1.54, 1.807) is 6.33 Å². The largest absolute Gasteiger partial charge is 0.348 e. The van der Waals surface area contributed by atoms with Crippen molar-refractivity contribution in [2.75, 3.05) is 27.2 Å². The Balaban J connectivity index is 2.20. The van der Waals surface area contributed by atoms with Gasteiger partial charge in [-0.3, -0.25) is 4.79 Å². The van der Waals surface area contributed by atoms with E-state index < -0.39 is 0 Å². The summed E-state index contributed by atoms with van der Waals surface area (Å²) in [5.74, 6) is 0.0460. The standard InChI is InChI=1S/C20H30N4O/c1-15-18(22-14-21-15)13-24(12-11-23(5)6)19(25)16-7-9-17(10-8-16)20(2,3)4/h7-10,14H,11-13H2,1-6H3,(H,21,22). The highest BCUT2D eigenvalue weighted by atomic mass is 16.2. The number of nitrogens with one attached hydrogen (secondary N) is 1. The number of imidazole rings is 1. The molecule has 2 aromatic rings. The van der Waals surface area contributed by atoms with E-state index >= 15 is 0 Å². The number of rotatable bonds is 6. The van der Waals surface area contributed by atoms with Crippen LogP contribution in [0.1, 0.15) is 48.1 Å². The van der Waals surface area contributed by atoms with Gasteiger partial charge >= 0.3 is 0 Å². The number of benzene rings is 1. The van der Waals surface area contributed by atoms with Gasteiger partial charge in [-0.2, -0.15) is 0 Å². The Kier molecular flexibility index (Phi) is 6.01. The van der Waals surface area contributed by atoms with E-state index in [1.165, 1.54) is 5.56 Å². The zero-order valence-electron chi connectivity index (χ0n) is 16.3. The Labute approximate surface area is 151 Å². The van der Waals surface area contributed by atoms with Gasteiger partial charge in [-0.15, -0.1) is 0 Å². The van der Waals surface area contributed by atoms with E-state index in [0.29, 0.717) is 13.1 Å². The molecule has 0 unspecified atom stereocenters. The molecule has 0 aliphatic rings. The summed E-state index contributed by atoms with van der Waals surface area (Å²) in [5, 5.41) is 0. The minimum Gasteiger partial charge on any atom is -0.348 e. The van der Waals surface area contributed by atoms with Crippen LogP contribution in [-0.2, 0) is 12.0 Å². The number of aromatic amines is 1. The smallest absolute Gasteiger partial charge is 0.254 e. The summed E-state index contributed by atoms with van der Waals surface area (Å²) in [7, 11) is 4.03. The maximum Gasteiger partial charge on any atom is 0.254 e. The minimum absolute atomic E-state index is 0.0460. The molecule has 0 spiro atoms. The van der Waals surface area contributed by atoms with Crippen LogP contribution in [-0.4, -0.2) is 52.9 Å². The van der Waals surface area contributed by atoms with Crippen molar-refractivity contribution in [2.24, 2.45) is 0 Å². The van der Waals surface area contributed by atoms with Crippen molar-refractivity contribution in [1.82, 2.24) is 19.8 Å². The average molecular weight is 342 g/mol. The fourth-order valence-electron chi connectivity index (χ4n) is 2.60. The molecule has 0 saturated carbocycles. The Morgan fingerprint density at radius 1 is 1.12 bits per heavy atom. The van der Waals surface area contributed by atoms with Crippen molar-refractivity contribution in [3.8, 4) is 0 Å². The number of likely N-dealkylation sites (N-methyl/N-ethyl adjacent to an activating group) is 1. The third-order valence-electron chi connectivity index (χ3n) is 4.38. The maximum absolute atomic E-state index is 13.0. The molecule has 0 aliphatic carbocycles. The zero-order chi connectivity index (χ0) is 18.6. The molecule has 1 N–H and O–H groups in total. The van der Waals surface area contributed by atoms with Crippen molar-refractivity contribution in [2.45, 2.75) is 39.7 Å². The van der Waals surface area contributed by atoms with Crippen molar-refractivity contribution < 1.29 is 4.79 Å². The number of H-pyrrole nitrogens is 1. The van der Waals surface area contributed by atoms with Crippen LogP contribution < -0.4 is 0 Å². The summed E-state index contributed by atoms with van der Waals surface area (Å²) in [6.07, 6.45) is 1.68. The predicted octanol–water partition coefficient (Wildman–Crippen LogP) is 3.22. The second kappa shape index (κ2) is 7.83. The molecule has 0 fully saturated rings. The van der Waals surface area contributed by atoms with Crippen LogP contribution in [0.4, 0.5) is 0 Å². The Morgan fingerprint density at radius 3 is 2.24 bits per heavy atom. The minimum atomic E-state index is 0.0460. The van der Waals surface area contributed by atoms with Gasteiger partial charge in [0.2, 0.25) is 0 Å². The van der Waals surface area contributed by atoms with E-state index in [1.807, 2.05) is 38.1 Å². The Morgan fingerprint density at radius 2 is 1.76 bits per heavy atom. The van der Waals surface area contributed by atoms with Gasteiger partial charge in [-0.1, -0.05) is 32.9 Å². The summed E-state index contributed by atoms with van der Waals surface area (Å²) in [4.78, 5) is 24.4. The highest BCUT2D eigenvalue weighted by molar-refractivity contribution is 5.94. The summed E-state index contributed by atoms with van der Waals surface area (Å²) in [6.45, 7) is 10.5. The van der Waals surface area contributed by atoms with Crippen LogP contribution in [0.25, 0.3) is 0 Å². The van der Waals surface area contributed by atoms with Gasteiger partial charge in [-0.05, 0) is 44.1 Å². The van der Waals surface area contributed by atoms with E-state index in [0.717, 1.165) is 23.5 Å². The fourth-order valence-corrected chi connectivity index (χ4v) is 2.60. The van der Waals surface area contributed by atoms with E-state index in [2.05, 4.69) is 47.8 Å². The van der Waals surface area contributed by atoms with Crippen LogP contribution in [0.15, 0.2) is 30.6 Å². The molecule has 0 bridgehead atoms.